The van der Waals surface area contributed by atoms with E-state index in [1.807, 2.05) is 0 Å². The first-order chi connectivity index (χ1) is 9.41. The van der Waals surface area contributed by atoms with Crippen LogP contribution in [0.3, 0.4) is 0 Å². The van der Waals surface area contributed by atoms with Crippen LogP contribution >= 0.6 is 0 Å². The van der Waals surface area contributed by atoms with E-state index in [0.29, 0.717) is 0 Å². The van der Waals surface area contributed by atoms with E-state index in [-0.39, 0.29) is 24.4 Å². The van der Waals surface area contributed by atoms with Crippen molar-refractivity contribution >= 4 is 12.6 Å². The third-order valence-corrected chi connectivity index (χ3v) is 4.71. The molecular formula is C14H23BN2O3. The Kier molecular flexibility index (Phi) is 3.43. The van der Waals surface area contributed by atoms with Crippen LogP contribution in [0.15, 0.2) is 6.20 Å². The van der Waals surface area contributed by atoms with Crippen molar-refractivity contribution in [2.24, 2.45) is 0 Å². The molecule has 0 radical (unpaired) electrons. The van der Waals surface area contributed by atoms with Crippen LogP contribution in [0.5, 0.6) is 0 Å². The van der Waals surface area contributed by atoms with Gasteiger partial charge in [-0.05, 0) is 47.0 Å². The minimum Gasteiger partial charge on any atom is -0.399 e. The Morgan fingerprint density at radius 1 is 1.20 bits per heavy atom. The molecule has 0 spiro atoms. The lowest BCUT2D eigenvalue weighted by molar-refractivity contribution is 0.00578. The maximum absolute atomic E-state index is 6.10. The third kappa shape index (κ3) is 2.30. The highest BCUT2D eigenvalue weighted by Crippen LogP contribution is 2.37. The molecule has 2 aliphatic rings. The average Bonchev–Trinajstić information content (AvgIpc) is 2.94. The first-order valence-corrected chi connectivity index (χ1v) is 7.41. The summed E-state index contributed by atoms with van der Waals surface area (Å²) in [7, 11) is -0.376. The standard InChI is InChI=1S/C14H23BN2O3/c1-13(2)14(3,4)20-15(19-13)10-9-16-17-12(10)11-7-5-6-8-18-11/h9,11H,5-8H2,1-4H3,(H,16,17). The van der Waals surface area contributed by atoms with Gasteiger partial charge in [0.1, 0.15) is 0 Å². The molecular weight excluding hydrogens is 255 g/mol. The zero-order valence-electron chi connectivity index (χ0n) is 12.7. The molecule has 0 amide bonds. The Morgan fingerprint density at radius 3 is 2.50 bits per heavy atom. The highest BCUT2D eigenvalue weighted by Gasteiger charge is 2.53. The summed E-state index contributed by atoms with van der Waals surface area (Å²) in [6.45, 7) is 9.05. The fourth-order valence-electron chi connectivity index (χ4n) is 2.69. The molecule has 0 aliphatic carbocycles. The zero-order valence-corrected chi connectivity index (χ0v) is 12.7. The Bertz CT molecular complexity index is 465. The second kappa shape index (κ2) is 4.86. The minimum atomic E-state index is -0.376. The maximum Gasteiger partial charge on any atom is 0.498 e. The van der Waals surface area contributed by atoms with Crippen LogP contribution in [0.2, 0.25) is 0 Å². The third-order valence-electron chi connectivity index (χ3n) is 4.71. The van der Waals surface area contributed by atoms with Gasteiger partial charge in [0, 0.05) is 18.3 Å². The molecule has 3 heterocycles. The van der Waals surface area contributed by atoms with Crippen molar-refractivity contribution in [3.63, 3.8) is 0 Å². The molecule has 0 bridgehead atoms. The van der Waals surface area contributed by atoms with Gasteiger partial charge in [-0.2, -0.15) is 5.10 Å². The predicted octanol–water partition coefficient (Wildman–Crippen LogP) is 1.95. The van der Waals surface area contributed by atoms with Crippen molar-refractivity contribution in [1.29, 1.82) is 0 Å². The average molecular weight is 278 g/mol. The molecule has 2 fully saturated rings. The molecule has 1 aromatic heterocycles. The number of nitrogens with one attached hydrogen (secondary N) is 1. The number of rotatable bonds is 2. The van der Waals surface area contributed by atoms with Crippen LogP contribution in [0.25, 0.3) is 0 Å². The summed E-state index contributed by atoms with van der Waals surface area (Å²) in [5, 5.41) is 7.24. The van der Waals surface area contributed by atoms with Gasteiger partial charge in [-0.25, -0.2) is 0 Å². The second-order valence-corrected chi connectivity index (χ2v) is 6.68. The zero-order chi connectivity index (χ0) is 14.4. The van der Waals surface area contributed by atoms with Crippen LogP contribution in [0.1, 0.15) is 58.8 Å². The number of ether oxygens (including phenoxy) is 1. The van der Waals surface area contributed by atoms with E-state index in [1.165, 1.54) is 6.42 Å². The topological polar surface area (TPSA) is 56.4 Å². The molecule has 1 unspecified atom stereocenters. The van der Waals surface area contributed by atoms with Crippen molar-refractivity contribution < 1.29 is 14.0 Å². The SMILES string of the molecule is CC1(C)OB(c2cn[nH]c2C2CCCCO2)OC1(C)C. The van der Waals surface area contributed by atoms with Gasteiger partial charge in [0.2, 0.25) is 0 Å². The number of hydrogen-bond donors (Lipinski definition) is 1. The van der Waals surface area contributed by atoms with E-state index in [4.69, 9.17) is 14.0 Å². The Hall–Kier alpha value is -0.845. The van der Waals surface area contributed by atoms with Crippen LogP contribution in [-0.2, 0) is 14.0 Å². The quantitative estimate of drug-likeness (QED) is 0.840. The molecule has 110 valence electrons. The molecule has 1 atom stereocenters. The van der Waals surface area contributed by atoms with E-state index in [1.54, 1.807) is 6.20 Å². The van der Waals surface area contributed by atoms with E-state index >= 15 is 0 Å². The van der Waals surface area contributed by atoms with Gasteiger partial charge >= 0.3 is 7.12 Å². The predicted molar refractivity (Wildman–Crippen MR) is 76.8 cm³/mol. The van der Waals surface area contributed by atoms with Crippen LogP contribution < -0.4 is 5.46 Å². The van der Waals surface area contributed by atoms with Gasteiger partial charge in [0.25, 0.3) is 0 Å². The largest absolute Gasteiger partial charge is 0.498 e. The second-order valence-electron chi connectivity index (χ2n) is 6.68. The summed E-state index contributed by atoms with van der Waals surface area (Å²) < 4.78 is 18.0. The molecule has 0 saturated carbocycles. The summed E-state index contributed by atoms with van der Waals surface area (Å²) >= 11 is 0. The highest BCUT2D eigenvalue weighted by atomic mass is 16.7. The normalized spacial score (nSPS) is 28.8. The smallest absolute Gasteiger partial charge is 0.399 e. The van der Waals surface area contributed by atoms with Gasteiger partial charge in [-0.3, -0.25) is 5.10 Å². The Labute approximate surface area is 120 Å². The lowest BCUT2D eigenvalue weighted by atomic mass is 9.77. The van der Waals surface area contributed by atoms with Crippen molar-refractivity contribution in [1.82, 2.24) is 10.2 Å². The molecule has 6 heteroatoms. The molecule has 1 aromatic rings. The Balaban J connectivity index is 1.84. The summed E-state index contributed by atoms with van der Waals surface area (Å²) in [6, 6.07) is 0. The van der Waals surface area contributed by atoms with Gasteiger partial charge in [0.05, 0.1) is 23.0 Å². The molecule has 2 saturated heterocycles. The molecule has 0 aromatic carbocycles. The Morgan fingerprint density at radius 2 is 1.90 bits per heavy atom. The summed E-state index contributed by atoms with van der Waals surface area (Å²) in [5.74, 6) is 0. The summed E-state index contributed by atoms with van der Waals surface area (Å²) in [4.78, 5) is 0. The van der Waals surface area contributed by atoms with Crippen LogP contribution in [-0.4, -0.2) is 35.1 Å². The number of aromatic amines is 1. The first kappa shape index (κ1) is 14.1. The molecule has 2 aliphatic heterocycles. The summed E-state index contributed by atoms with van der Waals surface area (Å²) in [6.07, 6.45) is 5.23. The lowest BCUT2D eigenvalue weighted by Gasteiger charge is -2.32. The monoisotopic (exact) mass is 278 g/mol. The number of aromatic nitrogens is 2. The van der Waals surface area contributed by atoms with Crippen molar-refractivity contribution in [3.8, 4) is 0 Å². The van der Waals surface area contributed by atoms with Crippen molar-refractivity contribution in [2.45, 2.75) is 64.3 Å². The van der Waals surface area contributed by atoms with Crippen molar-refractivity contribution in [3.05, 3.63) is 11.9 Å². The maximum atomic E-state index is 6.10. The fourth-order valence-corrected chi connectivity index (χ4v) is 2.69. The van der Waals surface area contributed by atoms with E-state index in [9.17, 15) is 0 Å². The highest BCUT2D eigenvalue weighted by molar-refractivity contribution is 6.62. The lowest BCUT2D eigenvalue weighted by Crippen LogP contribution is -2.41. The number of hydrogen-bond acceptors (Lipinski definition) is 4. The number of H-pyrrole nitrogens is 1. The molecule has 3 rings (SSSR count). The minimum absolute atomic E-state index is 0.0836. The van der Waals surface area contributed by atoms with Gasteiger partial charge < -0.3 is 14.0 Å². The van der Waals surface area contributed by atoms with Crippen LogP contribution in [0.4, 0.5) is 0 Å². The molecule has 5 nitrogen and oxygen atoms in total. The van der Waals surface area contributed by atoms with Gasteiger partial charge in [-0.15, -0.1) is 0 Å². The van der Waals surface area contributed by atoms with E-state index in [2.05, 4.69) is 37.9 Å². The molecule has 20 heavy (non-hydrogen) atoms. The van der Waals surface area contributed by atoms with E-state index in [0.717, 1.165) is 30.6 Å². The van der Waals surface area contributed by atoms with Gasteiger partial charge in [0.15, 0.2) is 0 Å². The molecule has 1 N–H and O–H groups in total. The van der Waals surface area contributed by atoms with Crippen molar-refractivity contribution in [2.75, 3.05) is 6.61 Å². The van der Waals surface area contributed by atoms with E-state index < -0.39 is 0 Å². The summed E-state index contributed by atoms with van der Waals surface area (Å²) in [5.41, 5.74) is 1.30. The fraction of sp³-hybridized carbons (Fsp3) is 0.786. The van der Waals surface area contributed by atoms with Gasteiger partial charge in [-0.1, -0.05) is 0 Å². The first-order valence-electron chi connectivity index (χ1n) is 7.41. The number of nitrogens with zero attached hydrogens (tertiary/aromatic N) is 1. The van der Waals surface area contributed by atoms with Crippen LogP contribution in [0, 0.1) is 0 Å².